The molecule has 0 radical (unpaired) electrons. The molecule has 2 aromatic rings. The first-order valence-electron chi connectivity index (χ1n) is 7.82. The standard InChI is InChI=1S/C20H24S/c1-14-13-19(14)15-5-9-17(10-6-15)21-18-11-7-16(8-12-18)20(2,3)4/h5-12,14,19H,13H2,1-4H3. The van der Waals surface area contributed by atoms with Gasteiger partial charge in [-0.05, 0) is 59.1 Å². The molecular formula is C20H24S. The van der Waals surface area contributed by atoms with Gasteiger partial charge >= 0.3 is 0 Å². The maximum atomic E-state index is 2.34. The second kappa shape index (κ2) is 5.53. The molecule has 0 saturated heterocycles. The minimum atomic E-state index is 0.228. The van der Waals surface area contributed by atoms with Crippen molar-refractivity contribution < 1.29 is 0 Å². The Bertz CT molecular complexity index is 602. The first kappa shape index (κ1) is 14.7. The summed E-state index contributed by atoms with van der Waals surface area (Å²) in [6.07, 6.45) is 1.36. The first-order valence-corrected chi connectivity index (χ1v) is 8.63. The van der Waals surface area contributed by atoms with Crippen LogP contribution in [-0.4, -0.2) is 0 Å². The van der Waals surface area contributed by atoms with E-state index in [0.717, 1.165) is 11.8 Å². The molecule has 1 aliphatic rings. The fraction of sp³-hybridized carbons (Fsp3) is 0.400. The van der Waals surface area contributed by atoms with Crippen LogP contribution in [-0.2, 0) is 5.41 Å². The topological polar surface area (TPSA) is 0 Å². The zero-order chi connectivity index (χ0) is 15.0. The smallest absolute Gasteiger partial charge is 0.0122 e. The van der Waals surface area contributed by atoms with Crippen LogP contribution in [0.15, 0.2) is 58.3 Å². The third kappa shape index (κ3) is 3.52. The molecular weight excluding hydrogens is 272 g/mol. The van der Waals surface area contributed by atoms with E-state index >= 15 is 0 Å². The van der Waals surface area contributed by atoms with Crippen molar-refractivity contribution in [2.75, 3.05) is 0 Å². The van der Waals surface area contributed by atoms with Gasteiger partial charge in [-0.25, -0.2) is 0 Å². The molecule has 0 aliphatic heterocycles. The van der Waals surface area contributed by atoms with Crippen LogP contribution in [0.25, 0.3) is 0 Å². The summed E-state index contributed by atoms with van der Waals surface area (Å²) >= 11 is 1.85. The molecule has 0 amide bonds. The van der Waals surface area contributed by atoms with Crippen LogP contribution < -0.4 is 0 Å². The Hall–Kier alpha value is -1.21. The van der Waals surface area contributed by atoms with Gasteiger partial charge in [0.05, 0.1) is 0 Å². The van der Waals surface area contributed by atoms with Crippen LogP contribution in [0.4, 0.5) is 0 Å². The molecule has 0 nitrogen and oxygen atoms in total. The Morgan fingerprint density at radius 2 is 1.33 bits per heavy atom. The van der Waals surface area contributed by atoms with Gasteiger partial charge in [0.15, 0.2) is 0 Å². The summed E-state index contributed by atoms with van der Waals surface area (Å²) in [7, 11) is 0. The van der Waals surface area contributed by atoms with E-state index in [-0.39, 0.29) is 5.41 Å². The fourth-order valence-electron chi connectivity index (χ4n) is 2.73. The number of rotatable bonds is 3. The summed E-state index contributed by atoms with van der Waals surface area (Å²) in [5.74, 6) is 1.70. The highest BCUT2D eigenvalue weighted by molar-refractivity contribution is 7.99. The lowest BCUT2D eigenvalue weighted by atomic mass is 9.87. The van der Waals surface area contributed by atoms with E-state index in [1.807, 2.05) is 11.8 Å². The van der Waals surface area contributed by atoms with Crippen molar-refractivity contribution >= 4 is 11.8 Å². The Balaban J connectivity index is 1.68. The van der Waals surface area contributed by atoms with Gasteiger partial charge in [0, 0.05) is 9.79 Å². The molecule has 21 heavy (non-hydrogen) atoms. The molecule has 0 aromatic heterocycles. The fourth-order valence-corrected chi connectivity index (χ4v) is 3.55. The monoisotopic (exact) mass is 296 g/mol. The summed E-state index contributed by atoms with van der Waals surface area (Å²) < 4.78 is 0. The highest BCUT2D eigenvalue weighted by Gasteiger charge is 2.33. The Kier molecular flexibility index (Phi) is 3.88. The van der Waals surface area contributed by atoms with Crippen molar-refractivity contribution in [3.05, 3.63) is 59.7 Å². The zero-order valence-electron chi connectivity index (χ0n) is 13.4. The maximum Gasteiger partial charge on any atom is 0.0122 e. The van der Waals surface area contributed by atoms with E-state index in [1.165, 1.54) is 27.3 Å². The van der Waals surface area contributed by atoms with E-state index in [2.05, 4.69) is 76.2 Å². The highest BCUT2D eigenvalue weighted by atomic mass is 32.2. The minimum Gasteiger partial charge on any atom is -0.0901 e. The zero-order valence-corrected chi connectivity index (χ0v) is 14.2. The van der Waals surface area contributed by atoms with Crippen molar-refractivity contribution in [1.82, 2.24) is 0 Å². The molecule has 0 bridgehead atoms. The lowest BCUT2D eigenvalue weighted by molar-refractivity contribution is 0.590. The van der Waals surface area contributed by atoms with Gasteiger partial charge in [-0.1, -0.05) is 63.7 Å². The number of hydrogen-bond acceptors (Lipinski definition) is 1. The minimum absolute atomic E-state index is 0.228. The molecule has 1 saturated carbocycles. The van der Waals surface area contributed by atoms with E-state index in [0.29, 0.717) is 0 Å². The predicted octanol–water partition coefficient (Wildman–Crippen LogP) is 6.26. The molecule has 1 heteroatoms. The lowest BCUT2D eigenvalue weighted by Crippen LogP contribution is -2.10. The molecule has 1 fully saturated rings. The van der Waals surface area contributed by atoms with Crippen molar-refractivity contribution in [2.45, 2.75) is 55.2 Å². The van der Waals surface area contributed by atoms with Gasteiger partial charge < -0.3 is 0 Å². The molecule has 2 unspecified atom stereocenters. The summed E-state index contributed by atoms with van der Waals surface area (Å²) in [5, 5.41) is 0. The SMILES string of the molecule is CC1CC1c1ccc(Sc2ccc(C(C)(C)C)cc2)cc1. The van der Waals surface area contributed by atoms with Crippen LogP contribution in [0.5, 0.6) is 0 Å². The quantitative estimate of drug-likeness (QED) is 0.644. The molecule has 2 aromatic carbocycles. The highest BCUT2D eigenvalue weighted by Crippen LogP contribution is 2.47. The van der Waals surface area contributed by atoms with Crippen molar-refractivity contribution in [1.29, 1.82) is 0 Å². The van der Waals surface area contributed by atoms with E-state index in [9.17, 15) is 0 Å². The maximum absolute atomic E-state index is 2.34. The first-order chi connectivity index (χ1) is 9.93. The second-order valence-corrected chi connectivity index (χ2v) is 8.41. The molecule has 2 atom stereocenters. The van der Waals surface area contributed by atoms with Crippen molar-refractivity contribution in [3.8, 4) is 0 Å². The number of hydrogen-bond donors (Lipinski definition) is 0. The average Bonchev–Trinajstić information content (AvgIpc) is 3.16. The Morgan fingerprint density at radius 3 is 1.76 bits per heavy atom. The lowest BCUT2D eigenvalue weighted by Gasteiger charge is -2.19. The van der Waals surface area contributed by atoms with Gasteiger partial charge in [-0.2, -0.15) is 0 Å². The third-order valence-corrected chi connectivity index (χ3v) is 5.39. The molecule has 110 valence electrons. The van der Waals surface area contributed by atoms with Gasteiger partial charge in [0.25, 0.3) is 0 Å². The molecule has 0 spiro atoms. The number of benzene rings is 2. The van der Waals surface area contributed by atoms with Gasteiger partial charge in [-0.15, -0.1) is 0 Å². The van der Waals surface area contributed by atoms with E-state index in [4.69, 9.17) is 0 Å². The average molecular weight is 296 g/mol. The van der Waals surface area contributed by atoms with Gasteiger partial charge in [-0.3, -0.25) is 0 Å². The van der Waals surface area contributed by atoms with Crippen LogP contribution in [0.1, 0.15) is 51.2 Å². The van der Waals surface area contributed by atoms with Crippen LogP contribution in [0.2, 0.25) is 0 Å². The molecule has 1 aliphatic carbocycles. The van der Waals surface area contributed by atoms with E-state index in [1.54, 1.807) is 0 Å². The van der Waals surface area contributed by atoms with Crippen molar-refractivity contribution in [2.24, 2.45) is 5.92 Å². The van der Waals surface area contributed by atoms with E-state index < -0.39 is 0 Å². The summed E-state index contributed by atoms with van der Waals surface area (Å²) in [6, 6.07) is 18.1. The summed E-state index contributed by atoms with van der Waals surface area (Å²) in [5.41, 5.74) is 3.13. The Morgan fingerprint density at radius 1 is 0.857 bits per heavy atom. The molecule has 3 rings (SSSR count). The predicted molar refractivity (Wildman–Crippen MR) is 92.2 cm³/mol. The van der Waals surface area contributed by atoms with Crippen LogP contribution in [0, 0.1) is 5.92 Å². The Labute approximate surface area is 133 Å². The third-order valence-electron chi connectivity index (χ3n) is 4.37. The van der Waals surface area contributed by atoms with Gasteiger partial charge in [0.1, 0.15) is 0 Å². The molecule has 0 heterocycles. The summed E-state index contributed by atoms with van der Waals surface area (Å²) in [6.45, 7) is 9.11. The van der Waals surface area contributed by atoms with Crippen LogP contribution >= 0.6 is 11.8 Å². The van der Waals surface area contributed by atoms with Crippen LogP contribution in [0.3, 0.4) is 0 Å². The second-order valence-electron chi connectivity index (χ2n) is 7.26. The molecule has 0 N–H and O–H groups in total. The van der Waals surface area contributed by atoms with Crippen molar-refractivity contribution in [3.63, 3.8) is 0 Å². The van der Waals surface area contributed by atoms with Gasteiger partial charge in [0.2, 0.25) is 0 Å². The largest absolute Gasteiger partial charge is 0.0901 e. The normalized spacial score (nSPS) is 21.3. The summed E-state index contributed by atoms with van der Waals surface area (Å²) in [4.78, 5) is 2.64.